The number of carbonyl (C=O) groups is 1. The van der Waals surface area contributed by atoms with E-state index < -0.39 is 0 Å². The van der Waals surface area contributed by atoms with Crippen LogP contribution in [0.4, 0.5) is 4.39 Å². The second-order valence-electron chi connectivity index (χ2n) is 7.10. The van der Waals surface area contributed by atoms with Gasteiger partial charge in [0.05, 0.1) is 0 Å². The summed E-state index contributed by atoms with van der Waals surface area (Å²) in [4.78, 5) is 18.4. The lowest BCUT2D eigenvalue weighted by atomic mass is 10.0. The first-order valence-corrected chi connectivity index (χ1v) is 9.54. The molecule has 0 bridgehead atoms. The molecular weight excluding hydrogens is 341 g/mol. The van der Waals surface area contributed by atoms with Gasteiger partial charge >= 0.3 is 0 Å². The number of halogens is 1. The van der Waals surface area contributed by atoms with E-state index in [0.29, 0.717) is 13.0 Å². The molecular formula is C22H24FN3O. The Labute approximate surface area is 158 Å². The number of likely N-dealkylation sites (tertiary alicyclic amines) is 1. The number of rotatable bonds is 6. The third-order valence-corrected chi connectivity index (χ3v) is 5.29. The molecule has 140 valence electrons. The van der Waals surface area contributed by atoms with E-state index in [1.54, 1.807) is 12.1 Å². The number of carbonyl (C=O) groups excluding carboxylic acids is 1. The summed E-state index contributed by atoms with van der Waals surface area (Å²) in [5, 5.41) is 3.97. The summed E-state index contributed by atoms with van der Waals surface area (Å²) >= 11 is 0. The minimum absolute atomic E-state index is 0.0362. The van der Waals surface area contributed by atoms with Crippen molar-refractivity contribution in [3.05, 3.63) is 71.7 Å². The molecule has 4 nitrogen and oxygen atoms in total. The van der Waals surface area contributed by atoms with Crippen molar-refractivity contribution in [2.75, 3.05) is 19.6 Å². The summed E-state index contributed by atoms with van der Waals surface area (Å²) in [7, 11) is 0. The van der Waals surface area contributed by atoms with Crippen molar-refractivity contribution >= 4 is 16.8 Å². The number of fused-ring (bicyclic) bond motifs is 1. The summed E-state index contributed by atoms with van der Waals surface area (Å²) < 4.78 is 13.5. The van der Waals surface area contributed by atoms with Crippen molar-refractivity contribution in [2.45, 2.75) is 25.3 Å². The highest BCUT2D eigenvalue weighted by molar-refractivity contribution is 5.84. The second kappa shape index (κ2) is 7.92. The lowest BCUT2D eigenvalue weighted by Gasteiger charge is -2.27. The molecule has 2 aromatic carbocycles. The molecule has 2 N–H and O–H groups in total. The number of amides is 1. The van der Waals surface area contributed by atoms with Crippen LogP contribution in [0.15, 0.2) is 54.7 Å². The molecule has 0 saturated carbocycles. The SMILES string of the molecule is O=C(NCCc1c[nH]c2ccc(F)cc12)C(c1ccccc1)N1CCCC1. The predicted molar refractivity (Wildman–Crippen MR) is 105 cm³/mol. The monoisotopic (exact) mass is 365 g/mol. The van der Waals surface area contributed by atoms with E-state index >= 15 is 0 Å². The Bertz CT molecular complexity index is 916. The van der Waals surface area contributed by atoms with Crippen LogP contribution in [-0.2, 0) is 11.2 Å². The third-order valence-electron chi connectivity index (χ3n) is 5.29. The molecule has 1 unspecified atom stereocenters. The van der Waals surface area contributed by atoms with Crippen LogP contribution in [0, 0.1) is 5.82 Å². The topological polar surface area (TPSA) is 48.1 Å². The molecule has 1 aromatic heterocycles. The highest BCUT2D eigenvalue weighted by atomic mass is 19.1. The highest BCUT2D eigenvalue weighted by Gasteiger charge is 2.29. The van der Waals surface area contributed by atoms with Gasteiger partial charge in [-0.1, -0.05) is 30.3 Å². The molecule has 1 aliphatic heterocycles. The molecule has 1 aliphatic rings. The van der Waals surface area contributed by atoms with Crippen LogP contribution in [0.3, 0.4) is 0 Å². The second-order valence-corrected chi connectivity index (χ2v) is 7.10. The van der Waals surface area contributed by atoms with Crippen molar-refractivity contribution in [3.63, 3.8) is 0 Å². The van der Waals surface area contributed by atoms with Gasteiger partial charge in [0.2, 0.25) is 5.91 Å². The first kappa shape index (κ1) is 17.7. The normalized spacial score (nSPS) is 15.9. The molecule has 3 aromatic rings. The van der Waals surface area contributed by atoms with E-state index in [4.69, 9.17) is 0 Å². The van der Waals surface area contributed by atoms with Crippen LogP contribution in [0.1, 0.15) is 30.0 Å². The number of benzene rings is 2. The Morgan fingerprint density at radius 1 is 1.15 bits per heavy atom. The van der Waals surface area contributed by atoms with Gasteiger partial charge in [-0.25, -0.2) is 4.39 Å². The average molecular weight is 365 g/mol. The number of hydrogen-bond acceptors (Lipinski definition) is 2. The number of H-pyrrole nitrogens is 1. The van der Waals surface area contributed by atoms with Crippen molar-refractivity contribution < 1.29 is 9.18 Å². The van der Waals surface area contributed by atoms with Crippen LogP contribution in [0.2, 0.25) is 0 Å². The molecule has 4 rings (SSSR count). The predicted octanol–water partition coefficient (Wildman–Crippen LogP) is 3.80. The number of nitrogens with zero attached hydrogens (tertiary/aromatic N) is 1. The molecule has 5 heteroatoms. The molecule has 0 aliphatic carbocycles. The molecule has 27 heavy (non-hydrogen) atoms. The van der Waals surface area contributed by atoms with Crippen LogP contribution >= 0.6 is 0 Å². The Morgan fingerprint density at radius 3 is 2.70 bits per heavy atom. The minimum atomic E-state index is -0.245. The first-order valence-electron chi connectivity index (χ1n) is 9.54. The third kappa shape index (κ3) is 3.88. The number of hydrogen-bond donors (Lipinski definition) is 2. The van der Waals surface area contributed by atoms with Crippen molar-refractivity contribution in [3.8, 4) is 0 Å². The van der Waals surface area contributed by atoms with E-state index in [1.165, 1.54) is 6.07 Å². The Morgan fingerprint density at radius 2 is 1.93 bits per heavy atom. The molecule has 2 heterocycles. The van der Waals surface area contributed by atoms with Gasteiger partial charge in [-0.2, -0.15) is 0 Å². The van der Waals surface area contributed by atoms with Gasteiger partial charge in [0, 0.05) is 23.6 Å². The Balaban J connectivity index is 1.44. The zero-order valence-electron chi connectivity index (χ0n) is 15.2. The molecule has 0 spiro atoms. The van der Waals surface area contributed by atoms with Crippen LogP contribution in [0.25, 0.3) is 10.9 Å². The lowest BCUT2D eigenvalue weighted by Crippen LogP contribution is -2.40. The first-order chi connectivity index (χ1) is 13.2. The van der Waals surface area contributed by atoms with E-state index in [9.17, 15) is 9.18 Å². The maximum atomic E-state index is 13.5. The average Bonchev–Trinajstić information content (AvgIpc) is 3.33. The lowest BCUT2D eigenvalue weighted by molar-refractivity contribution is -0.126. The summed E-state index contributed by atoms with van der Waals surface area (Å²) in [6, 6.07) is 14.5. The van der Waals surface area contributed by atoms with Gasteiger partial charge in [0.15, 0.2) is 0 Å². The zero-order chi connectivity index (χ0) is 18.6. The van der Waals surface area contributed by atoms with E-state index in [1.807, 2.05) is 36.5 Å². The molecule has 1 saturated heterocycles. The summed E-state index contributed by atoms with van der Waals surface area (Å²) in [5.74, 6) is -0.209. The van der Waals surface area contributed by atoms with Gasteiger partial charge in [0.25, 0.3) is 0 Å². The number of aromatic nitrogens is 1. The molecule has 1 atom stereocenters. The van der Waals surface area contributed by atoms with Gasteiger partial charge in [-0.3, -0.25) is 9.69 Å². The molecule has 1 amide bonds. The zero-order valence-corrected chi connectivity index (χ0v) is 15.2. The fourth-order valence-electron chi connectivity index (χ4n) is 3.94. The molecule has 0 radical (unpaired) electrons. The van der Waals surface area contributed by atoms with E-state index in [0.717, 1.165) is 48.0 Å². The van der Waals surface area contributed by atoms with Crippen LogP contribution in [-0.4, -0.2) is 35.4 Å². The van der Waals surface area contributed by atoms with E-state index in [-0.39, 0.29) is 17.8 Å². The maximum absolute atomic E-state index is 13.5. The van der Waals surface area contributed by atoms with Gasteiger partial charge in [-0.15, -0.1) is 0 Å². The Hall–Kier alpha value is -2.66. The molecule has 1 fully saturated rings. The fourth-order valence-corrected chi connectivity index (χ4v) is 3.94. The van der Waals surface area contributed by atoms with Crippen molar-refractivity contribution in [1.29, 1.82) is 0 Å². The van der Waals surface area contributed by atoms with Crippen molar-refractivity contribution in [1.82, 2.24) is 15.2 Å². The maximum Gasteiger partial charge on any atom is 0.241 e. The Kier molecular flexibility index (Phi) is 5.21. The van der Waals surface area contributed by atoms with Gasteiger partial charge in [0.1, 0.15) is 11.9 Å². The van der Waals surface area contributed by atoms with Gasteiger partial charge in [-0.05, 0) is 61.7 Å². The smallest absolute Gasteiger partial charge is 0.241 e. The standard InChI is InChI=1S/C22H24FN3O/c23-18-8-9-20-19(14-18)17(15-25-20)10-11-24-22(27)21(26-12-4-5-13-26)16-6-2-1-3-7-16/h1-3,6-9,14-15,21,25H,4-5,10-13H2,(H,24,27). The quantitative estimate of drug-likeness (QED) is 0.698. The summed E-state index contributed by atoms with van der Waals surface area (Å²) in [6.07, 6.45) is 4.83. The largest absolute Gasteiger partial charge is 0.361 e. The number of aromatic amines is 1. The summed E-state index contributed by atoms with van der Waals surface area (Å²) in [5.41, 5.74) is 2.96. The van der Waals surface area contributed by atoms with Crippen molar-refractivity contribution in [2.24, 2.45) is 0 Å². The number of nitrogens with one attached hydrogen (secondary N) is 2. The summed E-state index contributed by atoms with van der Waals surface area (Å²) in [6.45, 7) is 2.43. The van der Waals surface area contributed by atoms with Crippen LogP contribution < -0.4 is 5.32 Å². The van der Waals surface area contributed by atoms with E-state index in [2.05, 4.69) is 15.2 Å². The van der Waals surface area contributed by atoms with Gasteiger partial charge < -0.3 is 10.3 Å². The van der Waals surface area contributed by atoms with Crippen LogP contribution in [0.5, 0.6) is 0 Å². The fraction of sp³-hybridized carbons (Fsp3) is 0.318. The minimum Gasteiger partial charge on any atom is -0.361 e. The highest BCUT2D eigenvalue weighted by Crippen LogP contribution is 2.25.